The van der Waals surface area contributed by atoms with Crippen molar-refractivity contribution in [3.05, 3.63) is 122 Å². The molecule has 1 atom stereocenters. The standard InChI is InChI=1S/C71H118O6/c1-4-7-10-13-16-19-22-25-28-30-31-32-33-34-35-36-37-38-39-41-43-46-49-52-55-58-61-64-70(73)76-67-68(66-75-69(72)63-60-57-54-51-48-45-42-27-24-21-18-15-12-9-6-3)77-71(74)65-62-59-56-53-50-47-44-40-29-26-23-20-17-14-11-8-5-2/h7-8,10-11,16-21,25-29,31-32,34-35,42,68H,4-6,9,12-15,22-24,30,33,36-41,43-67H2,1-3H3/b10-7-,11-8-,19-16-,20-17-,21-18-,28-25-,29-26-,32-31-,35-34-,42-27-. The van der Waals surface area contributed by atoms with Gasteiger partial charge in [-0.3, -0.25) is 14.4 Å². The molecule has 0 aromatic carbocycles. The summed E-state index contributed by atoms with van der Waals surface area (Å²) in [6.07, 6.45) is 89.1. The number of esters is 3. The molecule has 0 saturated heterocycles. The highest BCUT2D eigenvalue weighted by Gasteiger charge is 2.19. The average molecular weight is 1070 g/mol. The zero-order valence-electron chi connectivity index (χ0n) is 50.2. The van der Waals surface area contributed by atoms with E-state index in [0.717, 1.165) is 141 Å². The van der Waals surface area contributed by atoms with E-state index >= 15 is 0 Å². The molecule has 0 saturated carbocycles. The number of rotatable bonds is 57. The van der Waals surface area contributed by atoms with Gasteiger partial charge in [-0.05, 0) is 128 Å². The van der Waals surface area contributed by atoms with Crippen LogP contribution >= 0.6 is 0 Å². The molecule has 1 unspecified atom stereocenters. The molecule has 0 heterocycles. The second-order valence-electron chi connectivity index (χ2n) is 20.9. The molecule has 0 amide bonds. The Morgan fingerprint density at radius 2 is 0.506 bits per heavy atom. The van der Waals surface area contributed by atoms with Gasteiger partial charge in [0.2, 0.25) is 0 Å². The Bertz CT molecular complexity index is 1600. The van der Waals surface area contributed by atoms with Gasteiger partial charge in [0, 0.05) is 19.3 Å². The van der Waals surface area contributed by atoms with E-state index < -0.39 is 6.10 Å². The maximum atomic E-state index is 12.9. The Morgan fingerprint density at radius 3 is 0.792 bits per heavy atom. The van der Waals surface area contributed by atoms with Crippen molar-refractivity contribution in [3.8, 4) is 0 Å². The molecule has 0 aliphatic carbocycles. The van der Waals surface area contributed by atoms with E-state index in [0.29, 0.717) is 19.3 Å². The van der Waals surface area contributed by atoms with Crippen LogP contribution in [0, 0.1) is 0 Å². The van der Waals surface area contributed by atoms with Crippen LogP contribution in [-0.4, -0.2) is 37.2 Å². The van der Waals surface area contributed by atoms with Crippen molar-refractivity contribution in [3.63, 3.8) is 0 Å². The highest BCUT2D eigenvalue weighted by Crippen LogP contribution is 2.16. The molecule has 0 N–H and O–H groups in total. The minimum absolute atomic E-state index is 0.0898. The summed E-state index contributed by atoms with van der Waals surface area (Å²) >= 11 is 0. The highest BCUT2D eigenvalue weighted by molar-refractivity contribution is 5.71. The lowest BCUT2D eigenvalue weighted by molar-refractivity contribution is -0.167. The van der Waals surface area contributed by atoms with Crippen molar-refractivity contribution in [2.75, 3.05) is 13.2 Å². The molecule has 0 fully saturated rings. The largest absolute Gasteiger partial charge is 0.462 e. The molecule has 438 valence electrons. The van der Waals surface area contributed by atoms with Gasteiger partial charge in [-0.15, -0.1) is 0 Å². The van der Waals surface area contributed by atoms with Crippen molar-refractivity contribution in [2.45, 2.75) is 297 Å². The van der Waals surface area contributed by atoms with Gasteiger partial charge >= 0.3 is 17.9 Å². The van der Waals surface area contributed by atoms with Crippen LogP contribution in [0.4, 0.5) is 0 Å². The number of hydrogen-bond donors (Lipinski definition) is 0. The SMILES string of the molecule is CC/C=C\C/C=C\C/C=C\C/C=C\C/C=C\CCCCCCCCCCCCCC(=O)OCC(COC(=O)CCCCCCC/C=C\C/C=C\CCCCC)OC(=O)CCCCCCCCC/C=C\C/C=C\C/C=C\CC. The van der Waals surface area contributed by atoms with Crippen LogP contribution in [0.15, 0.2) is 122 Å². The lowest BCUT2D eigenvalue weighted by Crippen LogP contribution is -2.30. The molecule has 0 radical (unpaired) electrons. The second-order valence-corrected chi connectivity index (χ2v) is 20.9. The summed E-state index contributed by atoms with van der Waals surface area (Å²) in [7, 11) is 0. The highest BCUT2D eigenvalue weighted by atomic mass is 16.6. The summed E-state index contributed by atoms with van der Waals surface area (Å²) in [5.41, 5.74) is 0. The maximum Gasteiger partial charge on any atom is 0.306 e. The molecule has 6 heteroatoms. The first kappa shape index (κ1) is 72.8. The van der Waals surface area contributed by atoms with Crippen molar-refractivity contribution >= 4 is 17.9 Å². The summed E-state index contributed by atoms with van der Waals surface area (Å²) in [6.45, 7) is 6.38. The van der Waals surface area contributed by atoms with Crippen molar-refractivity contribution < 1.29 is 28.6 Å². The number of ether oxygens (including phenoxy) is 3. The monoisotopic (exact) mass is 1070 g/mol. The van der Waals surface area contributed by atoms with E-state index in [2.05, 4.69) is 142 Å². The first-order valence-corrected chi connectivity index (χ1v) is 32.0. The number of hydrogen-bond acceptors (Lipinski definition) is 6. The minimum atomic E-state index is -0.795. The Hall–Kier alpha value is -4.19. The Kier molecular flexibility index (Phi) is 60.8. The van der Waals surface area contributed by atoms with Crippen molar-refractivity contribution in [1.29, 1.82) is 0 Å². The van der Waals surface area contributed by atoms with Gasteiger partial charge in [0.05, 0.1) is 0 Å². The predicted molar refractivity (Wildman–Crippen MR) is 334 cm³/mol. The molecular formula is C71H118O6. The van der Waals surface area contributed by atoms with Crippen LogP contribution in [0.25, 0.3) is 0 Å². The fourth-order valence-electron chi connectivity index (χ4n) is 8.69. The zero-order valence-corrected chi connectivity index (χ0v) is 50.2. The molecule has 0 rings (SSSR count). The average Bonchev–Trinajstić information content (AvgIpc) is 3.43. The minimum Gasteiger partial charge on any atom is -0.462 e. The molecule has 6 nitrogen and oxygen atoms in total. The van der Waals surface area contributed by atoms with Crippen LogP contribution in [0.2, 0.25) is 0 Å². The fourth-order valence-corrected chi connectivity index (χ4v) is 8.69. The van der Waals surface area contributed by atoms with E-state index in [4.69, 9.17) is 14.2 Å². The van der Waals surface area contributed by atoms with Gasteiger partial charge in [0.25, 0.3) is 0 Å². The van der Waals surface area contributed by atoms with Gasteiger partial charge in [-0.1, -0.05) is 264 Å². The normalized spacial score (nSPS) is 12.9. The third-order valence-corrected chi connectivity index (χ3v) is 13.4. The molecular weight excluding hydrogens is 949 g/mol. The van der Waals surface area contributed by atoms with E-state index in [1.165, 1.54) is 109 Å². The summed E-state index contributed by atoms with van der Waals surface area (Å²) in [6, 6.07) is 0. The van der Waals surface area contributed by atoms with E-state index in [1.54, 1.807) is 0 Å². The third-order valence-electron chi connectivity index (χ3n) is 13.4. The van der Waals surface area contributed by atoms with E-state index in [9.17, 15) is 14.4 Å². The molecule has 0 spiro atoms. The second kappa shape index (κ2) is 64.3. The maximum absolute atomic E-state index is 12.9. The summed E-state index contributed by atoms with van der Waals surface area (Å²) < 4.78 is 16.9. The Labute approximate surface area is 475 Å². The van der Waals surface area contributed by atoms with E-state index in [1.807, 2.05) is 0 Å². The smallest absolute Gasteiger partial charge is 0.306 e. The molecule has 0 aliphatic heterocycles. The van der Waals surface area contributed by atoms with E-state index in [-0.39, 0.29) is 31.1 Å². The molecule has 77 heavy (non-hydrogen) atoms. The van der Waals surface area contributed by atoms with Gasteiger partial charge in [-0.2, -0.15) is 0 Å². The Morgan fingerprint density at radius 1 is 0.273 bits per heavy atom. The Balaban J connectivity index is 4.35. The summed E-state index contributed by atoms with van der Waals surface area (Å²) in [5, 5.41) is 0. The van der Waals surface area contributed by atoms with Crippen LogP contribution in [-0.2, 0) is 28.6 Å². The number of carbonyl (C=O) groups excluding carboxylic acids is 3. The van der Waals surface area contributed by atoms with Crippen molar-refractivity contribution in [1.82, 2.24) is 0 Å². The first-order valence-electron chi connectivity index (χ1n) is 32.0. The number of allylic oxidation sites excluding steroid dienone is 20. The molecule has 0 bridgehead atoms. The molecule has 0 aliphatic rings. The van der Waals surface area contributed by atoms with Crippen LogP contribution < -0.4 is 0 Å². The van der Waals surface area contributed by atoms with Gasteiger partial charge < -0.3 is 14.2 Å². The van der Waals surface area contributed by atoms with Crippen molar-refractivity contribution in [2.24, 2.45) is 0 Å². The van der Waals surface area contributed by atoms with Gasteiger partial charge in [0.1, 0.15) is 13.2 Å². The predicted octanol–water partition coefficient (Wildman–Crippen LogP) is 22.0. The molecule has 0 aromatic rings. The topological polar surface area (TPSA) is 78.9 Å². The summed E-state index contributed by atoms with van der Waals surface area (Å²) in [5.74, 6) is -0.912. The third kappa shape index (κ3) is 62.5. The number of carbonyl (C=O) groups is 3. The van der Waals surface area contributed by atoms with Crippen LogP contribution in [0.5, 0.6) is 0 Å². The van der Waals surface area contributed by atoms with Gasteiger partial charge in [-0.25, -0.2) is 0 Å². The fraction of sp³-hybridized carbons (Fsp3) is 0.676. The zero-order chi connectivity index (χ0) is 55.7. The number of unbranched alkanes of at least 4 members (excludes halogenated alkanes) is 26. The quantitative estimate of drug-likeness (QED) is 0.0261. The van der Waals surface area contributed by atoms with Gasteiger partial charge in [0.15, 0.2) is 6.10 Å². The van der Waals surface area contributed by atoms with Crippen LogP contribution in [0.1, 0.15) is 290 Å². The lowest BCUT2D eigenvalue weighted by atomic mass is 10.0. The first-order chi connectivity index (χ1) is 38.0. The lowest BCUT2D eigenvalue weighted by Gasteiger charge is -2.18. The molecule has 0 aromatic heterocycles. The summed E-state index contributed by atoms with van der Waals surface area (Å²) in [4.78, 5) is 38.3. The van der Waals surface area contributed by atoms with Crippen LogP contribution in [0.3, 0.4) is 0 Å².